The third kappa shape index (κ3) is 3.34. The number of halogens is 1. The average Bonchev–Trinajstić information content (AvgIpc) is 2.48. The number of nitro groups is 1. The van der Waals surface area contributed by atoms with Gasteiger partial charge in [-0.05, 0) is 36.2 Å². The number of nitrogens with zero attached hydrogens (tertiary/aromatic N) is 2. The molecule has 0 aliphatic rings. The van der Waals surface area contributed by atoms with Gasteiger partial charge in [-0.25, -0.2) is 4.39 Å². The third-order valence-corrected chi connectivity index (χ3v) is 3.04. The van der Waals surface area contributed by atoms with Crippen LogP contribution in [0.2, 0.25) is 0 Å². The Balaban J connectivity index is 2.21. The summed E-state index contributed by atoms with van der Waals surface area (Å²) in [5.41, 5.74) is 1.55. The summed E-state index contributed by atoms with van der Waals surface area (Å²) in [6.45, 7) is 1.92. The van der Waals surface area contributed by atoms with E-state index in [0.717, 1.165) is 0 Å². The topological polar surface area (TPSA) is 79.0 Å². The van der Waals surface area contributed by atoms with Crippen LogP contribution in [0.5, 0.6) is 0 Å². The van der Waals surface area contributed by atoms with Crippen LogP contribution in [0.4, 0.5) is 15.8 Å². The number of rotatable bonds is 4. The van der Waals surface area contributed by atoms with Crippen LogP contribution in [-0.4, -0.2) is 4.92 Å². The molecule has 0 amide bonds. The SMILES string of the molecule is Cc1ccc(CNc2ccc(C#N)cc2[N+](=O)[O-])cc1F. The van der Waals surface area contributed by atoms with Crippen molar-refractivity contribution in [2.75, 3.05) is 5.32 Å². The molecule has 0 radical (unpaired) electrons. The maximum Gasteiger partial charge on any atom is 0.293 e. The second kappa shape index (κ2) is 6.01. The van der Waals surface area contributed by atoms with E-state index in [0.29, 0.717) is 16.8 Å². The minimum Gasteiger partial charge on any atom is -0.375 e. The standard InChI is InChI=1S/C15H12FN3O2/c1-10-2-3-12(6-13(10)16)9-18-14-5-4-11(8-17)7-15(14)19(20)21/h2-7,18H,9H2,1H3. The number of hydrogen-bond acceptors (Lipinski definition) is 4. The number of benzene rings is 2. The summed E-state index contributed by atoms with van der Waals surface area (Å²) in [6, 6.07) is 10.8. The van der Waals surface area contributed by atoms with Crippen molar-refractivity contribution in [3.05, 3.63) is 69.0 Å². The Morgan fingerprint density at radius 3 is 2.71 bits per heavy atom. The molecule has 0 aliphatic carbocycles. The molecule has 5 nitrogen and oxygen atoms in total. The van der Waals surface area contributed by atoms with Crippen LogP contribution in [0.3, 0.4) is 0 Å². The zero-order valence-corrected chi connectivity index (χ0v) is 11.3. The van der Waals surface area contributed by atoms with Crippen LogP contribution in [0.15, 0.2) is 36.4 Å². The highest BCUT2D eigenvalue weighted by Gasteiger charge is 2.14. The minimum atomic E-state index is -0.557. The smallest absolute Gasteiger partial charge is 0.293 e. The van der Waals surface area contributed by atoms with Gasteiger partial charge in [-0.1, -0.05) is 12.1 Å². The van der Waals surface area contributed by atoms with E-state index in [1.165, 1.54) is 24.3 Å². The summed E-state index contributed by atoms with van der Waals surface area (Å²) in [5, 5.41) is 22.7. The monoisotopic (exact) mass is 285 g/mol. The third-order valence-electron chi connectivity index (χ3n) is 3.04. The largest absolute Gasteiger partial charge is 0.375 e. The number of nitriles is 1. The molecule has 6 heteroatoms. The van der Waals surface area contributed by atoms with E-state index < -0.39 is 4.92 Å². The Hall–Kier alpha value is -2.94. The molecule has 0 unspecified atom stereocenters. The normalized spacial score (nSPS) is 9.95. The van der Waals surface area contributed by atoms with Gasteiger partial charge in [0.1, 0.15) is 11.5 Å². The fourth-order valence-corrected chi connectivity index (χ4v) is 1.85. The summed E-state index contributed by atoms with van der Waals surface area (Å²) in [5.74, 6) is -0.316. The number of hydrogen-bond donors (Lipinski definition) is 1. The van der Waals surface area contributed by atoms with E-state index >= 15 is 0 Å². The maximum atomic E-state index is 13.4. The maximum absolute atomic E-state index is 13.4. The highest BCUT2D eigenvalue weighted by atomic mass is 19.1. The number of nitro benzene ring substituents is 1. The van der Waals surface area contributed by atoms with Crippen molar-refractivity contribution in [1.29, 1.82) is 5.26 Å². The molecule has 106 valence electrons. The molecule has 21 heavy (non-hydrogen) atoms. The quantitative estimate of drug-likeness (QED) is 0.688. The first-order chi connectivity index (χ1) is 10.0. The lowest BCUT2D eigenvalue weighted by Gasteiger charge is -2.08. The van der Waals surface area contributed by atoms with Gasteiger partial charge in [-0.15, -0.1) is 0 Å². The van der Waals surface area contributed by atoms with Crippen molar-refractivity contribution in [2.45, 2.75) is 13.5 Å². The predicted molar refractivity (Wildman–Crippen MR) is 76.3 cm³/mol. The van der Waals surface area contributed by atoms with Gasteiger partial charge in [0, 0.05) is 12.6 Å². The van der Waals surface area contributed by atoms with Gasteiger partial charge in [0.15, 0.2) is 0 Å². The van der Waals surface area contributed by atoms with Crippen LogP contribution in [0.25, 0.3) is 0 Å². The molecule has 0 saturated carbocycles. The highest BCUT2D eigenvalue weighted by Crippen LogP contribution is 2.26. The lowest BCUT2D eigenvalue weighted by Crippen LogP contribution is -2.03. The van der Waals surface area contributed by atoms with Crippen molar-refractivity contribution in [3.63, 3.8) is 0 Å². The molecule has 2 rings (SSSR count). The zero-order valence-electron chi connectivity index (χ0n) is 11.3. The second-order valence-corrected chi connectivity index (χ2v) is 4.54. The summed E-state index contributed by atoms with van der Waals surface area (Å²) in [6.07, 6.45) is 0. The Kier molecular flexibility index (Phi) is 4.14. The number of aryl methyl sites for hydroxylation is 1. The summed E-state index contributed by atoms with van der Waals surface area (Å²) < 4.78 is 13.4. The highest BCUT2D eigenvalue weighted by molar-refractivity contribution is 5.64. The average molecular weight is 285 g/mol. The van der Waals surface area contributed by atoms with Crippen molar-refractivity contribution in [2.24, 2.45) is 0 Å². The Labute approximate surface area is 120 Å². The second-order valence-electron chi connectivity index (χ2n) is 4.54. The molecule has 0 saturated heterocycles. The molecule has 0 atom stereocenters. The fourth-order valence-electron chi connectivity index (χ4n) is 1.85. The Bertz CT molecular complexity index is 738. The molecule has 0 heterocycles. The van der Waals surface area contributed by atoms with Gasteiger partial charge in [0.05, 0.1) is 16.6 Å². The van der Waals surface area contributed by atoms with Gasteiger partial charge in [0.25, 0.3) is 5.69 Å². The van der Waals surface area contributed by atoms with E-state index in [1.54, 1.807) is 19.1 Å². The van der Waals surface area contributed by atoms with Gasteiger partial charge in [-0.2, -0.15) is 5.26 Å². The van der Waals surface area contributed by atoms with Crippen LogP contribution in [0.1, 0.15) is 16.7 Å². The van der Waals surface area contributed by atoms with E-state index in [9.17, 15) is 14.5 Å². The van der Waals surface area contributed by atoms with E-state index in [-0.39, 0.29) is 23.6 Å². The van der Waals surface area contributed by atoms with Gasteiger partial charge in [0.2, 0.25) is 0 Å². The van der Waals surface area contributed by atoms with E-state index in [2.05, 4.69) is 5.32 Å². The summed E-state index contributed by atoms with van der Waals surface area (Å²) >= 11 is 0. The fraction of sp³-hybridized carbons (Fsp3) is 0.133. The zero-order chi connectivity index (χ0) is 15.4. The lowest BCUT2D eigenvalue weighted by atomic mass is 10.1. The summed E-state index contributed by atoms with van der Waals surface area (Å²) in [4.78, 5) is 10.4. The van der Waals surface area contributed by atoms with Gasteiger partial charge in [-0.3, -0.25) is 10.1 Å². The first-order valence-corrected chi connectivity index (χ1v) is 6.18. The van der Waals surface area contributed by atoms with Crippen LogP contribution in [-0.2, 0) is 6.54 Å². The Morgan fingerprint density at radius 2 is 2.10 bits per heavy atom. The molecule has 0 aromatic heterocycles. The van der Waals surface area contributed by atoms with Crippen LogP contribution >= 0.6 is 0 Å². The minimum absolute atomic E-state index is 0.179. The van der Waals surface area contributed by atoms with Crippen molar-refractivity contribution >= 4 is 11.4 Å². The van der Waals surface area contributed by atoms with E-state index in [4.69, 9.17) is 5.26 Å². The molecule has 0 spiro atoms. The van der Waals surface area contributed by atoms with Crippen LogP contribution in [0, 0.1) is 34.2 Å². The number of nitrogens with one attached hydrogen (secondary N) is 1. The molecular formula is C15H12FN3O2. The number of anilines is 1. The van der Waals surface area contributed by atoms with Gasteiger partial charge >= 0.3 is 0 Å². The molecule has 1 N–H and O–H groups in total. The van der Waals surface area contributed by atoms with Crippen molar-refractivity contribution in [3.8, 4) is 6.07 Å². The Morgan fingerprint density at radius 1 is 1.33 bits per heavy atom. The predicted octanol–water partition coefficient (Wildman–Crippen LogP) is 3.53. The molecule has 2 aromatic carbocycles. The molecular weight excluding hydrogens is 273 g/mol. The van der Waals surface area contributed by atoms with Crippen molar-refractivity contribution < 1.29 is 9.31 Å². The van der Waals surface area contributed by atoms with E-state index in [1.807, 2.05) is 6.07 Å². The molecule has 0 fully saturated rings. The molecule has 2 aromatic rings. The lowest BCUT2D eigenvalue weighted by molar-refractivity contribution is -0.384. The van der Waals surface area contributed by atoms with Crippen molar-refractivity contribution in [1.82, 2.24) is 0 Å². The van der Waals surface area contributed by atoms with Gasteiger partial charge < -0.3 is 5.32 Å². The molecule has 0 aliphatic heterocycles. The van der Waals surface area contributed by atoms with Crippen LogP contribution < -0.4 is 5.32 Å². The molecule has 0 bridgehead atoms. The summed E-state index contributed by atoms with van der Waals surface area (Å²) in [7, 11) is 0. The first-order valence-electron chi connectivity index (χ1n) is 6.18. The first kappa shape index (κ1) is 14.5.